The van der Waals surface area contributed by atoms with Gasteiger partial charge in [0.05, 0.1) is 5.39 Å². The lowest BCUT2D eigenvalue weighted by molar-refractivity contribution is 0.101. The molecule has 3 aromatic heterocycles. The highest BCUT2D eigenvalue weighted by atomic mass is 32.1. The quantitative estimate of drug-likeness (QED) is 0.290. The van der Waals surface area contributed by atoms with Crippen LogP contribution in [0.1, 0.15) is 21.7 Å². The van der Waals surface area contributed by atoms with Gasteiger partial charge >= 0.3 is 5.63 Å². The van der Waals surface area contributed by atoms with E-state index >= 15 is 0 Å². The molecule has 136 valence electrons. The van der Waals surface area contributed by atoms with Gasteiger partial charge in [0, 0.05) is 28.0 Å². The highest BCUT2D eigenvalue weighted by molar-refractivity contribution is 7.08. The van der Waals surface area contributed by atoms with Crippen LogP contribution in [0.2, 0.25) is 0 Å². The summed E-state index contributed by atoms with van der Waals surface area (Å²) in [5, 5.41) is 5.12. The molecule has 0 N–H and O–H groups in total. The van der Waals surface area contributed by atoms with Crippen LogP contribution in [-0.2, 0) is 0 Å². The molecule has 3 heterocycles. The molecule has 5 heteroatoms. The molecule has 0 spiro atoms. The molecule has 0 unspecified atom stereocenters. The van der Waals surface area contributed by atoms with Crippen LogP contribution in [0.4, 0.5) is 0 Å². The average molecular weight is 386 g/mol. The molecule has 4 nitrogen and oxygen atoms in total. The Kier molecular flexibility index (Phi) is 3.77. The van der Waals surface area contributed by atoms with Gasteiger partial charge in [-0.1, -0.05) is 30.3 Å². The molecule has 0 fully saturated rings. The maximum Gasteiger partial charge on any atom is 0.336 e. The van der Waals surface area contributed by atoms with Gasteiger partial charge in [-0.3, -0.25) is 4.79 Å². The third-order valence-electron chi connectivity index (χ3n) is 4.82. The molecule has 5 rings (SSSR count). The summed E-state index contributed by atoms with van der Waals surface area (Å²) in [4.78, 5) is 25.2. The van der Waals surface area contributed by atoms with Gasteiger partial charge in [-0.25, -0.2) is 4.79 Å². The highest BCUT2D eigenvalue weighted by Crippen LogP contribution is 2.40. The summed E-state index contributed by atoms with van der Waals surface area (Å²) in [6.07, 6.45) is 0. The first kappa shape index (κ1) is 16.7. The Hall–Kier alpha value is -3.44. The fourth-order valence-electron chi connectivity index (χ4n) is 3.53. The lowest BCUT2D eigenvalue weighted by atomic mass is 9.97. The molecule has 0 saturated heterocycles. The number of furan rings is 1. The molecular weight excluding hydrogens is 372 g/mol. The number of rotatable bonds is 3. The van der Waals surface area contributed by atoms with Gasteiger partial charge in [0.25, 0.3) is 0 Å². The molecule has 0 atom stereocenters. The van der Waals surface area contributed by atoms with Crippen molar-refractivity contribution in [2.24, 2.45) is 0 Å². The molecule has 28 heavy (non-hydrogen) atoms. The predicted octanol–water partition coefficient (Wildman–Crippen LogP) is 5.81. The third-order valence-corrected chi connectivity index (χ3v) is 5.51. The van der Waals surface area contributed by atoms with Gasteiger partial charge in [-0.15, -0.1) is 0 Å². The minimum atomic E-state index is -0.427. The summed E-state index contributed by atoms with van der Waals surface area (Å²) in [6, 6.07) is 16.5. The second-order valence-corrected chi connectivity index (χ2v) is 7.36. The third kappa shape index (κ3) is 2.52. The summed E-state index contributed by atoms with van der Waals surface area (Å²) in [7, 11) is 0. The number of thiophene rings is 1. The Morgan fingerprint density at radius 1 is 1.00 bits per heavy atom. The van der Waals surface area contributed by atoms with Crippen LogP contribution in [0.25, 0.3) is 33.1 Å². The summed E-state index contributed by atoms with van der Waals surface area (Å²) in [5.74, 6) is 0.0516. The predicted molar refractivity (Wildman–Crippen MR) is 110 cm³/mol. The molecular formula is C23H14O4S. The van der Waals surface area contributed by atoms with Gasteiger partial charge in [-0.05, 0) is 41.6 Å². The van der Waals surface area contributed by atoms with Crippen LogP contribution in [0, 0.1) is 6.92 Å². The second-order valence-electron chi connectivity index (χ2n) is 6.58. The molecule has 5 aromatic rings. The summed E-state index contributed by atoms with van der Waals surface area (Å²) < 4.78 is 11.6. The van der Waals surface area contributed by atoms with Gasteiger partial charge in [-0.2, -0.15) is 11.3 Å². The monoisotopic (exact) mass is 386 g/mol. The Morgan fingerprint density at radius 3 is 2.57 bits per heavy atom. The lowest BCUT2D eigenvalue weighted by Crippen LogP contribution is -2.00. The maximum atomic E-state index is 13.2. The van der Waals surface area contributed by atoms with Crippen LogP contribution < -0.4 is 5.63 Å². The lowest BCUT2D eigenvalue weighted by Gasteiger charge is -2.05. The molecule has 0 saturated carbocycles. The van der Waals surface area contributed by atoms with E-state index in [0.717, 1.165) is 16.5 Å². The van der Waals surface area contributed by atoms with E-state index in [1.165, 1.54) is 17.4 Å². The van der Waals surface area contributed by atoms with Crippen LogP contribution in [0.3, 0.4) is 0 Å². The first-order valence-electron chi connectivity index (χ1n) is 8.76. The Labute approximate surface area is 163 Å². The van der Waals surface area contributed by atoms with E-state index in [-0.39, 0.29) is 11.5 Å². The van der Waals surface area contributed by atoms with Crippen molar-refractivity contribution in [3.8, 4) is 11.1 Å². The van der Waals surface area contributed by atoms with Crippen LogP contribution in [0.5, 0.6) is 0 Å². The summed E-state index contributed by atoms with van der Waals surface area (Å²) in [5.41, 5.74) is 3.39. The number of ketones is 1. The van der Waals surface area contributed by atoms with E-state index in [4.69, 9.17) is 8.83 Å². The van der Waals surface area contributed by atoms with Crippen LogP contribution >= 0.6 is 11.3 Å². The second kappa shape index (κ2) is 6.32. The Balaban J connectivity index is 1.95. The van der Waals surface area contributed by atoms with Gasteiger partial charge in [0.1, 0.15) is 11.2 Å². The van der Waals surface area contributed by atoms with E-state index in [1.54, 1.807) is 11.4 Å². The van der Waals surface area contributed by atoms with Gasteiger partial charge < -0.3 is 8.83 Å². The van der Waals surface area contributed by atoms with Crippen molar-refractivity contribution in [1.82, 2.24) is 0 Å². The zero-order valence-electron chi connectivity index (χ0n) is 14.9. The zero-order chi connectivity index (χ0) is 19.3. The number of fused-ring (bicyclic) bond motifs is 3. The topological polar surface area (TPSA) is 60.4 Å². The smallest absolute Gasteiger partial charge is 0.336 e. The molecule has 0 amide bonds. The van der Waals surface area contributed by atoms with E-state index in [9.17, 15) is 9.59 Å². The first-order valence-corrected chi connectivity index (χ1v) is 9.70. The summed E-state index contributed by atoms with van der Waals surface area (Å²) in [6.45, 7) is 1.87. The molecule has 2 aromatic carbocycles. The minimum absolute atomic E-state index is 0.195. The Morgan fingerprint density at radius 2 is 1.82 bits per heavy atom. The number of carbonyl (C=O) groups is 1. The van der Waals surface area contributed by atoms with Crippen molar-refractivity contribution < 1.29 is 13.6 Å². The number of aryl methyl sites for hydroxylation is 1. The number of hydrogen-bond acceptors (Lipinski definition) is 5. The van der Waals surface area contributed by atoms with E-state index in [0.29, 0.717) is 27.7 Å². The van der Waals surface area contributed by atoms with Crippen molar-refractivity contribution in [1.29, 1.82) is 0 Å². The highest BCUT2D eigenvalue weighted by Gasteiger charge is 2.25. The van der Waals surface area contributed by atoms with Crippen molar-refractivity contribution >= 4 is 39.1 Å². The number of benzene rings is 2. The Bertz CT molecular complexity index is 1390. The van der Waals surface area contributed by atoms with Crippen molar-refractivity contribution in [2.45, 2.75) is 6.92 Å². The molecule has 0 radical (unpaired) electrons. The fraction of sp³-hybridized carbons (Fsp3) is 0.0435. The molecule has 0 aliphatic carbocycles. The van der Waals surface area contributed by atoms with Gasteiger partial charge in [0.15, 0.2) is 5.76 Å². The van der Waals surface area contributed by atoms with Crippen molar-refractivity contribution in [3.05, 3.63) is 92.7 Å². The van der Waals surface area contributed by atoms with Crippen molar-refractivity contribution in [2.75, 3.05) is 0 Å². The SMILES string of the molecule is Cc1cc(=O)oc2c1ccc1oc(C(=O)c3ccsc3)c(-c3ccccc3)c12. The summed E-state index contributed by atoms with van der Waals surface area (Å²) >= 11 is 1.46. The first-order chi connectivity index (χ1) is 13.6. The normalized spacial score (nSPS) is 11.3. The van der Waals surface area contributed by atoms with Crippen LogP contribution in [0.15, 0.2) is 79.0 Å². The van der Waals surface area contributed by atoms with Crippen LogP contribution in [-0.4, -0.2) is 5.78 Å². The van der Waals surface area contributed by atoms with E-state index in [2.05, 4.69) is 0 Å². The average Bonchev–Trinajstić information content (AvgIpc) is 3.36. The van der Waals surface area contributed by atoms with E-state index in [1.807, 2.05) is 54.8 Å². The number of hydrogen-bond donors (Lipinski definition) is 0. The fourth-order valence-corrected chi connectivity index (χ4v) is 4.16. The van der Waals surface area contributed by atoms with E-state index < -0.39 is 5.63 Å². The molecule has 0 aliphatic rings. The van der Waals surface area contributed by atoms with Gasteiger partial charge in [0.2, 0.25) is 5.78 Å². The largest absolute Gasteiger partial charge is 0.452 e. The molecule has 0 aliphatic heterocycles. The molecule has 0 bridgehead atoms. The number of carbonyl (C=O) groups excluding carboxylic acids is 1. The standard InChI is InChI=1S/C23H14O4S/c1-13-11-18(24)27-22-16(13)7-8-17-20(22)19(14-5-3-2-4-6-14)23(26-17)21(25)15-9-10-28-12-15/h2-12H,1H3. The maximum absolute atomic E-state index is 13.2. The van der Waals surface area contributed by atoms with Crippen molar-refractivity contribution in [3.63, 3.8) is 0 Å². The zero-order valence-corrected chi connectivity index (χ0v) is 15.7. The minimum Gasteiger partial charge on any atom is -0.452 e.